The number of ether oxygens (including phenoxy) is 1. The number of aromatic nitrogens is 2. The summed E-state index contributed by atoms with van der Waals surface area (Å²) < 4.78 is 11.2. The SMILES string of the molecule is Cc1cccc(C(C)(C)c2nnc(C(O)[C@@H](NC(=O)OC(C)(C)C)C(C)C)o2)c1. The van der Waals surface area contributed by atoms with Crippen LogP contribution in [0.1, 0.15) is 77.5 Å². The molecule has 29 heavy (non-hydrogen) atoms. The molecule has 1 unspecified atom stereocenters. The summed E-state index contributed by atoms with van der Waals surface area (Å²) in [5.41, 5.74) is 1.01. The number of nitrogens with zero attached hydrogens (tertiary/aromatic N) is 2. The van der Waals surface area contributed by atoms with E-state index >= 15 is 0 Å². The smallest absolute Gasteiger partial charge is 0.407 e. The molecular weight excluding hydrogens is 370 g/mol. The van der Waals surface area contributed by atoms with E-state index in [2.05, 4.69) is 21.6 Å². The first-order chi connectivity index (χ1) is 13.3. The standard InChI is InChI=1S/C22H33N3O4/c1-13(2)16(23-20(27)29-21(4,5)6)17(26)18-24-25-19(28-18)22(7,8)15-11-9-10-14(3)12-15/h9-13,16-17,26H,1-8H3,(H,23,27)/t16-,17?/m0/s1. The minimum absolute atomic E-state index is 0.0653. The molecule has 0 bridgehead atoms. The normalized spacial score (nSPS) is 14.6. The molecule has 1 heterocycles. The number of hydrogen-bond acceptors (Lipinski definition) is 6. The average molecular weight is 404 g/mol. The summed E-state index contributed by atoms with van der Waals surface area (Å²) in [5.74, 6) is 0.380. The van der Waals surface area contributed by atoms with E-state index in [9.17, 15) is 9.90 Å². The predicted molar refractivity (Wildman–Crippen MR) is 111 cm³/mol. The van der Waals surface area contributed by atoms with Crippen molar-refractivity contribution < 1.29 is 19.1 Å². The van der Waals surface area contributed by atoms with E-state index in [0.717, 1.165) is 11.1 Å². The Morgan fingerprint density at radius 1 is 1.17 bits per heavy atom. The molecule has 1 aromatic carbocycles. The molecule has 0 aliphatic rings. The van der Waals surface area contributed by atoms with Crippen LogP contribution in [0, 0.1) is 12.8 Å². The molecule has 160 valence electrons. The molecule has 2 N–H and O–H groups in total. The van der Waals surface area contributed by atoms with Crippen molar-refractivity contribution in [3.05, 3.63) is 47.2 Å². The van der Waals surface area contributed by atoms with E-state index in [1.807, 2.05) is 52.8 Å². The van der Waals surface area contributed by atoms with Gasteiger partial charge in [-0.05, 0) is 53.0 Å². The van der Waals surface area contributed by atoms with Crippen LogP contribution in [0.15, 0.2) is 28.7 Å². The maximum atomic E-state index is 12.2. The van der Waals surface area contributed by atoms with Crippen LogP contribution in [0.2, 0.25) is 0 Å². The Morgan fingerprint density at radius 3 is 2.38 bits per heavy atom. The second-order valence-electron chi connectivity index (χ2n) is 9.30. The molecule has 1 aromatic heterocycles. The summed E-state index contributed by atoms with van der Waals surface area (Å²) in [6.45, 7) is 15.1. The number of benzene rings is 1. The number of rotatable bonds is 6. The van der Waals surface area contributed by atoms with Crippen LogP contribution in [-0.4, -0.2) is 33.0 Å². The van der Waals surface area contributed by atoms with Gasteiger partial charge in [-0.25, -0.2) is 4.79 Å². The third-order valence-corrected chi connectivity index (χ3v) is 4.71. The lowest BCUT2D eigenvalue weighted by Crippen LogP contribution is -2.45. The molecule has 7 heteroatoms. The van der Waals surface area contributed by atoms with Gasteiger partial charge in [0.2, 0.25) is 11.8 Å². The highest BCUT2D eigenvalue weighted by atomic mass is 16.6. The Labute approximate surface area is 172 Å². The molecule has 2 rings (SSSR count). The number of nitrogens with one attached hydrogen (secondary N) is 1. The first-order valence-corrected chi connectivity index (χ1v) is 9.90. The number of alkyl carbamates (subject to hydrolysis) is 1. The Hall–Kier alpha value is -2.41. The van der Waals surface area contributed by atoms with Crippen LogP contribution in [0.4, 0.5) is 4.79 Å². The van der Waals surface area contributed by atoms with Crippen LogP contribution in [0.25, 0.3) is 0 Å². The van der Waals surface area contributed by atoms with Crippen molar-refractivity contribution in [1.29, 1.82) is 0 Å². The fourth-order valence-corrected chi connectivity index (χ4v) is 2.97. The van der Waals surface area contributed by atoms with Gasteiger partial charge in [0.1, 0.15) is 5.60 Å². The van der Waals surface area contributed by atoms with Gasteiger partial charge in [0, 0.05) is 0 Å². The third-order valence-electron chi connectivity index (χ3n) is 4.71. The lowest BCUT2D eigenvalue weighted by atomic mass is 9.84. The topological polar surface area (TPSA) is 97.5 Å². The molecule has 2 atom stereocenters. The van der Waals surface area contributed by atoms with Crippen LogP contribution >= 0.6 is 0 Å². The highest BCUT2D eigenvalue weighted by molar-refractivity contribution is 5.68. The quantitative estimate of drug-likeness (QED) is 0.747. The highest BCUT2D eigenvalue weighted by Gasteiger charge is 2.35. The zero-order valence-corrected chi connectivity index (χ0v) is 18.6. The molecule has 0 aliphatic carbocycles. The van der Waals surface area contributed by atoms with E-state index in [1.54, 1.807) is 20.8 Å². The van der Waals surface area contributed by atoms with Crippen molar-refractivity contribution in [3.8, 4) is 0 Å². The molecule has 0 fully saturated rings. The fraction of sp³-hybridized carbons (Fsp3) is 0.591. The van der Waals surface area contributed by atoms with Gasteiger partial charge in [0.15, 0.2) is 6.10 Å². The fourth-order valence-electron chi connectivity index (χ4n) is 2.97. The maximum absolute atomic E-state index is 12.2. The first-order valence-electron chi connectivity index (χ1n) is 9.90. The van der Waals surface area contributed by atoms with Gasteiger partial charge in [-0.1, -0.05) is 43.7 Å². The third kappa shape index (κ3) is 5.79. The summed E-state index contributed by atoms with van der Waals surface area (Å²) in [6, 6.07) is 7.45. The molecule has 1 amide bonds. The van der Waals surface area contributed by atoms with Gasteiger partial charge in [-0.15, -0.1) is 10.2 Å². The van der Waals surface area contributed by atoms with Crippen molar-refractivity contribution in [3.63, 3.8) is 0 Å². The van der Waals surface area contributed by atoms with Gasteiger partial charge in [-0.3, -0.25) is 0 Å². The Bertz CT molecular complexity index is 837. The van der Waals surface area contributed by atoms with Crippen molar-refractivity contribution in [2.75, 3.05) is 0 Å². The highest BCUT2D eigenvalue weighted by Crippen LogP contribution is 2.32. The van der Waals surface area contributed by atoms with Gasteiger partial charge >= 0.3 is 6.09 Å². The van der Waals surface area contributed by atoms with Gasteiger partial charge < -0.3 is 19.6 Å². The predicted octanol–water partition coefficient (Wildman–Crippen LogP) is 4.29. The molecule has 0 radical (unpaired) electrons. The number of carbonyl (C=O) groups is 1. The number of carbonyl (C=O) groups excluding carboxylic acids is 1. The van der Waals surface area contributed by atoms with E-state index in [4.69, 9.17) is 9.15 Å². The summed E-state index contributed by atoms with van der Waals surface area (Å²) in [5, 5.41) is 21.8. The minimum atomic E-state index is -1.16. The molecule has 0 saturated heterocycles. The molecule has 2 aromatic rings. The first kappa shape index (κ1) is 22.9. The number of amides is 1. The van der Waals surface area contributed by atoms with Gasteiger partial charge in [0.05, 0.1) is 11.5 Å². The lowest BCUT2D eigenvalue weighted by Gasteiger charge is -2.27. The molecular formula is C22H33N3O4. The van der Waals surface area contributed by atoms with Crippen molar-refractivity contribution in [2.24, 2.45) is 5.92 Å². The Morgan fingerprint density at radius 2 is 1.83 bits per heavy atom. The second-order valence-corrected chi connectivity index (χ2v) is 9.30. The largest absolute Gasteiger partial charge is 0.444 e. The summed E-state index contributed by atoms with van der Waals surface area (Å²) in [4.78, 5) is 12.2. The van der Waals surface area contributed by atoms with Crippen LogP contribution in [0.5, 0.6) is 0 Å². The number of hydrogen-bond donors (Lipinski definition) is 2. The Kier molecular flexibility index (Phi) is 6.73. The van der Waals surface area contributed by atoms with E-state index in [0.29, 0.717) is 5.89 Å². The zero-order valence-electron chi connectivity index (χ0n) is 18.6. The van der Waals surface area contributed by atoms with E-state index in [1.165, 1.54) is 0 Å². The van der Waals surface area contributed by atoms with Crippen molar-refractivity contribution >= 4 is 6.09 Å². The number of aryl methyl sites for hydroxylation is 1. The molecule has 7 nitrogen and oxygen atoms in total. The van der Waals surface area contributed by atoms with E-state index in [-0.39, 0.29) is 11.8 Å². The van der Waals surface area contributed by atoms with Gasteiger partial charge in [-0.2, -0.15) is 0 Å². The molecule has 0 saturated carbocycles. The maximum Gasteiger partial charge on any atom is 0.407 e. The van der Waals surface area contributed by atoms with Gasteiger partial charge in [0.25, 0.3) is 0 Å². The Balaban J connectivity index is 2.23. The minimum Gasteiger partial charge on any atom is -0.444 e. The second kappa shape index (κ2) is 8.53. The average Bonchev–Trinajstić information content (AvgIpc) is 3.08. The van der Waals surface area contributed by atoms with Crippen LogP contribution in [0.3, 0.4) is 0 Å². The molecule has 0 spiro atoms. The van der Waals surface area contributed by atoms with Crippen LogP contribution < -0.4 is 5.32 Å². The molecule has 0 aliphatic heterocycles. The lowest BCUT2D eigenvalue weighted by molar-refractivity contribution is 0.0324. The number of aliphatic hydroxyl groups is 1. The number of aliphatic hydroxyl groups excluding tert-OH is 1. The summed E-state index contributed by atoms with van der Waals surface area (Å²) in [7, 11) is 0. The van der Waals surface area contributed by atoms with E-state index < -0.39 is 29.3 Å². The summed E-state index contributed by atoms with van der Waals surface area (Å²) >= 11 is 0. The van der Waals surface area contributed by atoms with Crippen LogP contribution in [-0.2, 0) is 10.2 Å². The van der Waals surface area contributed by atoms with Crippen molar-refractivity contribution in [2.45, 2.75) is 78.6 Å². The van der Waals surface area contributed by atoms with Crippen molar-refractivity contribution in [1.82, 2.24) is 15.5 Å². The summed E-state index contributed by atoms with van der Waals surface area (Å²) in [6.07, 6.45) is -1.76. The zero-order chi connectivity index (χ0) is 22.0. The monoisotopic (exact) mass is 403 g/mol.